The van der Waals surface area contributed by atoms with Crippen LogP contribution >= 0.6 is 0 Å². The van der Waals surface area contributed by atoms with Crippen LogP contribution in [0.4, 0.5) is 4.79 Å². The van der Waals surface area contributed by atoms with E-state index < -0.39 is 17.5 Å². The van der Waals surface area contributed by atoms with Crippen molar-refractivity contribution in [3.63, 3.8) is 0 Å². The number of nitrogens with one attached hydrogen (secondary N) is 2. The summed E-state index contributed by atoms with van der Waals surface area (Å²) in [6.07, 6.45) is 0.858. The molecule has 0 aromatic heterocycles. The van der Waals surface area contributed by atoms with Crippen LogP contribution in [0.1, 0.15) is 50.2 Å². The van der Waals surface area contributed by atoms with Crippen molar-refractivity contribution in [2.75, 3.05) is 19.7 Å². The first-order chi connectivity index (χ1) is 16.3. The quantitative estimate of drug-likeness (QED) is 0.490. The molecule has 4 rings (SSSR count). The molecule has 1 atom stereocenters. The van der Waals surface area contributed by atoms with E-state index in [4.69, 9.17) is 9.84 Å². The lowest BCUT2D eigenvalue weighted by molar-refractivity contribution is -0.139. The standard InChI is InChI=1S/C27H32N2O5/c1-17(2)18(13-24(30)31)14-28-25(32)27(11-12-27)16-29-26(33)34-15-23-21-9-5-3-7-19(21)20-8-4-6-10-22(20)23/h3-10,17-18,23H,11-16H2,1-2H3,(H,28,32)(H,29,33)(H,30,31). The van der Waals surface area contributed by atoms with Crippen LogP contribution in [0.25, 0.3) is 11.1 Å². The molecule has 1 fully saturated rings. The third kappa shape index (κ3) is 5.08. The van der Waals surface area contributed by atoms with Gasteiger partial charge >= 0.3 is 12.1 Å². The molecule has 2 amide bonds. The second-order valence-corrected chi connectivity index (χ2v) is 9.77. The van der Waals surface area contributed by atoms with Crippen LogP contribution in [0.3, 0.4) is 0 Å². The van der Waals surface area contributed by atoms with E-state index in [0.29, 0.717) is 19.4 Å². The van der Waals surface area contributed by atoms with Gasteiger partial charge in [0.1, 0.15) is 6.61 Å². The van der Waals surface area contributed by atoms with E-state index in [1.54, 1.807) is 0 Å². The van der Waals surface area contributed by atoms with E-state index in [0.717, 1.165) is 11.1 Å². The van der Waals surface area contributed by atoms with Crippen LogP contribution in [0, 0.1) is 17.3 Å². The van der Waals surface area contributed by atoms with Gasteiger partial charge < -0.3 is 20.5 Å². The Morgan fingerprint density at radius 3 is 2.12 bits per heavy atom. The van der Waals surface area contributed by atoms with Crippen molar-refractivity contribution in [3.8, 4) is 11.1 Å². The first-order valence-corrected chi connectivity index (χ1v) is 11.9. The minimum atomic E-state index is -0.869. The van der Waals surface area contributed by atoms with Crippen molar-refractivity contribution >= 4 is 18.0 Å². The van der Waals surface area contributed by atoms with Crippen molar-refractivity contribution in [2.24, 2.45) is 17.3 Å². The molecular formula is C27H32N2O5. The molecule has 34 heavy (non-hydrogen) atoms. The molecule has 2 aliphatic carbocycles. The summed E-state index contributed by atoms with van der Waals surface area (Å²) in [5, 5.41) is 14.7. The molecule has 7 heteroatoms. The van der Waals surface area contributed by atoms with Gasteiger partial charge in [0.15, 0.2) is 0 Å². The van der Waals surface area contributed by atoms with Crippen molar-refractivity contribution < 1.29 is 24.2 Å². The first kappa shape index (κ1) is 23.8. The van der Waals surface area contributed by atoms with Gasteiger partial charge in [-0.25, -0.2) is 4.79 Å². The van der Waals surface area contributed by atoms with Gasteiger partial charge in [-0.05, 0) is 46.9 Å². The fourth-order valence-corrected chi connectivity index (χ4v) is 4.70. The second kappa shape index (κ2) is 9.87. The third-order valence-electron chi connectivity index (χ3n) is 7.15. The number of carbonyl (C=O) groups is 3. The molecule has 7 nitrogen and oxygen atoms in total. The monoisotopic (exact) mass is 464 g/mol. The molecule has 2 aliphatic rings. The Bertz CT molecular complexity index is 1030. The number of benzene rings is 2. The Balaban J connectivity index is 1.28. The SMILES string of the molecule is CC(C)C(CNC(=O)C1(CNC(=O)OCC2c3ccccc3-c3ccccc32)CC1)CC(=O)O. The average Bonchev–Trinajstić information content (AvgIpc) is 3.55. The van der Waals surface area contributed by atoms with E-state index in [2.05, 4.69) is 34.9 Å². The van der Waals surface area contributed by atoms with Gasteiger partial charge in [-0.15, -0.1) is 0 Å². The summed E-state index contributed by atoms with van der Waals surface area (Å²) in [5.74, 6) is -1.01. The Morgan fingerprint density at radius 1 is 1.00 bits per heavy atom. The number of rotatable bonds is 10. The minimum Gasteiger partial charge on any atom is -0.481 e. The van der Waals surface area contributed by atoms with E-state index in [1.165, 1.54) is 11.1 Å². The number of carbonyl (C=O) groups excluding carboxylic acids is 2. The van der Waals surface area contributed by atoms with Crippen LogP contribution in [0.2, 0.25) is 0 Å². The highest BCUT2D eigenvalue weighted by molar-refractivity contribution is 5.86. The molecule has 2 aromatic carbocycles. The van der Waals surface area contributed by atoms with Gasteiger partial charge in [0, 0.05) is 19.0 Å². The summed E-state index contributed by atoms with van der Waals surface area (Å²) >= 11 is 0. The molecule has 0 heterocycles. The number of amides is 2. The van der Waals surface area contributed by atoms with E-state index in [9.17, 15) is 14.4 Å². The number of hydrogen-bond donors (Lipinski definition) is 3. The predicted octanol–water partition coefficient (Wildman–Crippen LogP) is 4.17. The maximum absolute atomic E-state index is 12.7. The Kier molecular flexibility index (Phi) is 6.91. The normalized spacial score (nSPS) is 16.3. The third-order valence-corrected chi connectivity index (χ3v) is 7.15. The summed E-state index contributed by atoms with van der Waals surface area (Å²) in [5.41, 5.74) is 4.01. The lowest BCUT2D eigenvalue weighted by atomic mass is 9.92. The number of carboxylic acid groups (broad SMARTS) is 1. The smallest absolute Gasteiger partial charge is 0.407 e. The average molecular weight is 465 g/mol. The fourth-order valence-electron chi connectivity index (χ4n) is 4.70. The highest BCUT2D eigenvalue weighted by atomic mass is 16.5. The van der Waals surface area contributed by atoms with E-state index in [-0.39, 0.29) is 43.2 Å². The Hall–Kier alpha value is -3.35. The maximum Gasteiger partial charge on any atom is 0.407 e. The molecule has 180 valence electrons. The zero-order valence-electron chi connectivity index (χ0n) is 19.7. The summed E-state index contributed by atoms with van der Waals surface area (Å²) in [6.45, 7) is 4.65. The number of alkyl carbamates (subject to hydrolysis) is 1. The highest BCUT2D eigenvalue weighted by Gasteiger charge is 2.50. The van der Waals surface area contributed by atoms with Gasteiger partial charge in [0.05, 0.1) is 11.8 Å². The summed E-state index contributed by atoms with van der Waals surface area (Å²) in [7, 11) is 0. The van der Waals surface area contributed by atoms with Crippen LogP contribution < -0.4 is 10.6 Å². The van der Waals surface area contributed by atoms with Gasteiger partial charge in [0.25, 0.3) is 0 Å². The van der Waals surface area contributed by atoms with Crippen LogP contribution in [0.5, 0.6) is 0 Å². The molecule has 0 aliphatic heterocycles. The lowest BCUT2D eigenvalue weighted by Gasteiger charge is -2.22. The Labute approximate surface area is 199 Å². The largest absolute Gasteiger partial charge is 0.481 e. The van der Waals surface area contributed by atoms with Crippen LogP contribution in [0.15, 0.2) is 48.5 Å². The number of carboxylic acids is 1. The fraction of sp³-hybridized carbons (Fsp3) is 0.444. The minimum absolute atomic E-state index is 0.0152. The summed E-state index contributed by atoms with van der Waals surface area (Å²) < 4.78 is 5.57. The number of aliphatic carboxylic acids is 1. The molecule has 2 aromatic rings. The van der Waals surface area contributed by atoms with Crippen LogP contribution in [-0.4, -0.2) is 42.8 Å². The Morgan fingerprint density at radius 2 is 1.59 bits per heavy atom. The van der Waals surface area contributed by atoms with Gasteiger partial charge in [0.2, 0.25) is 5.91 Å². The second-order valence-electron chi connectivity index (χ2n) is 9.77. The molecule has 1 unspecified atom stereocenters. The first-order valence-electron chi connectivity index (χ1n) is 11.9. The van der Waals surface area contributed by atoms with Gasteiger partial charge in [-0.1, -0.05) is 62.4 Å². The lowest BCUT2D eigenvalue weighted by Crippen LogP contribution is -2.43. The summed E-state index contributed by atoms with van der Waals surface area (Å²) in [4.78, 5) is 36.3. The summed E-state index contributed by atoms with van der Waals surface area (Å²) in [6, 6.07) is 16.3. The van der Waals surface area contributed by atoms with Crippen molar-refractivity contribution in [2.45, 2.75) is 39.0 Å². The van der Waals surface area contributed by atoms with Crippen molar-refractivity contribution in [3.05, 3.63) is 59.7 Å². The zero-order chi connectivity index (χ0) is 24.3. The zero-order valence-corrected chi connectivity index (χ0v) is 19.7. The molecule has 3 N–H and O–H groups in total. The van der Waals surface area contributed by atoms with E-state index in [1.807, 2.05) is 38.1 Å². The number of fused-ring (bicyclic) bond motifs is 3. The molecule has 0 spiro atoms. The van der Waals surface area contributed by atoms with Crippen LogP contribution in [-0.2, 0) is 14.3 Å². The molecule has 0 bridgehead atoms. The molecular weight excluding hydrogens is 432 g/mol. The predicted molar refractivity (Wildman–Crippen MR) is 128 cm³/mol. The van der Waals surface area contributed by atoms with E-state index >= 15 is 0 Å². The molecule has 0 saturated heterocycles. The number of ether oxygens (including phenoxy) is 1. The molecule has 0 radical (unpaired) electrons. The van der Waals surface area contributed by atoms with Gasteiger partial charge in [-0.3, -0.25) is 9.59 Å². The van der Waals surface area contributed by atoms with Gasteiger partial charge in [-0.2, -0.15) is 0 Å². The maximum atomic E-state index is 12.7. The van der Waals surface area contributed by atoms with Crippen molar-refractivity contribution in [1.29, 1.82) is 0 Å². The topological polar surface area (TPSA) is 105 Å². The molecule has 1 saturated carbocycles. The van der Waals surface area contributed by atoms with Crippen molar-refractivity contribution in [1.82, 2.24) is 10.6 Å². The number of hydrogen-bond acceptors (Lipinski definition) is 4. The highest BCUT2D eigenvalue weighted by Crippen LogP contribution is 2.46.